The molecule has 4 nitrogen and oxygen atoms in total. The van der Waals surface area contributed by atoms with Crippen LogP contribution in [-0.2, 0) is 11.3 Å². The van der Waals surface area contributed by atoms with Crippen LogP contribution in [0.2, 0.25) is 0 Å². The Morgan fingerprint density at radius 3 is 2.88 bits per heavy atom. The second kappa shape index (κ2) is 6.60. The fourth-order valence-electron chi connectivity index (χ4n) is 1.29. The Kier molecular flexibility index (Phi) is 5.42. The minimum atomic E-state index is -0.265. The molecule has 1 aromatic heterocycles. The number of nitrogens with one attached hydrogen (secondary N) is 1. The van der Waals surface area contributed by atoms with Crippen LogP contribution in [0.5, 0.6) is 0 Å². The number of thiazole rings is 1. The highest BCUT2D eigenvalue weighted by Gasteiger charge is 2.15. The summed E-state index contributed by atoms with van der Waals surface area (Å²) < 4.78 is 4.96. The van der Waals surface area contributed by atoms with Gasteiger partial charge >= 0.3 is 5.97 Å². The van der Waals surface area contributed by atoms with Crippen molar-refractivity contribution in [2.75, 3.05) is 13.2 Å². The predicted molar refractivity (Wildman–Crippen MR) is 64.8 cm³/mol. The van der Waals surface area contributed by atoms with Crippen LogP contribution in [0.15, 0.2) is 0 Å². The maximum atomic E-state index is 11.5. The minimum Gasteiger partial charge on any atom is -0.462 e. The number of nitrogens with zero attached hydrogens (tertiary/aromatic N) is 1. The van der Waals surface area contributed by atoms with Gasteiger partial charge in [0, 0.05) is 6.54 Å². The lowest BCUT2D eigenvalue weighted by Gasteiger charge is -1.98. The van der Waals surface area contributed by atoms with Crippen LogP contribution >= 0.6 is 11.3 Å². The lowest BCUT2D eigenvalue weighted by atomic mass is 10.4. The van der Waals surface area contributed by atoms with Crippen LogP contribution in [0.3, 0.4) is 0 Å². The summed E-state index contributed by atoms with van der Waals surface area (Å²) in [5.41, 5.74) is 0.761. The first kappa shape index (κ1) is 13.1. The molecule has 0 atom stereocenters. The highest BCUT2D eigenvalue weighted by molar-refractivity contribution is 7.13. The molecule has 1 N–H and O–H groups in total. The molecule has 0 saturated carbocycles. The third-order valence-electron chi connectivity index (χ3n) is 2.00. The highest BCUT2D eigenvalue weighted by atomic mass is 32.1. The molecular formula is C11H18N2O2S. The van der Waals surface area contributed by atoms with E-state index in [0.29, 0.717) is 11.5 Å². The van der Waals surface area contributed by atoms with Crippen LogP contribution in [0, 0.1) is 6.92 Å². The van der Waals surface area contributed by atoms with E-state index in [0.717, 1.165) is 30.2 Å². The van der Waals surface area contributed by atoms with Crippen LogP contribution in [0.4, 0.5) is 0 Å². The molecule has 0 bridgehead atoms. The molecule has 0 aliphatic rings. The van der Waals surface area contributed by atoms with Crippen LogP contribution in [0.1, 0.15) is 40.6 Å². The Morgan fingerprint density at radius 2 is 2.25 bits per heavy atom. The monoisotopic (exact) mass is 242 g/mol. The number of carbonyl (C=O) groups excluding carboxylic acids is 1. The number of hydrogen-bond donors (Lipinski definition) is 1. The Morgan fingerprint density at radius 1 is 1.50 bits per heavy atom. The van der Waals surface area contributed by atoms with Gasteiger partial charge in [-0.15, -0.1) is 11.3 Å². The first-order valence-electron chi connectivity index (χ1n) is 5.53. The molecule has 0 radical (unpaired) electrons. The van der Waals surface area contributed by atoms with Gasteiger partial charge in [0.2, 0.25) is 0 Å². The Balaban J connectivity index is 2.62. The summed E-state index contributed by atoms with van der Waals surface area (Å²) in [6.45, 7) is 7.85. The van der Waals surface area contributed by atoms with E-state index in [1.165, 1.54) is 11.3 Å². The number of hydrogen-bond acceptors (Lipinski definition) is 5. The molecule has 0 aromatic carbocycles. The number of ether oxygens (including phenoxy) is 1. The fraction of sp³-hybridized carbons (Fsp3) is 0.636. The zero-order chi connectivity index (χ0) is 12.0. The second-order valence-electron chi connectivity index (χ2n) is 3.42. The lowest BCUT2D eigenvalue weighted by Crippen LogP contribution is -2.13. The molecule has 5 heteroatoms. The fourth-order valence-corrected chi connectivity index (χ4v) is 2.21. The molecule has 90 valence electrons. The molecule has 0 fully saturated rings. The van der Waals surface area contributed by atoms with Gasteiger partial charge in [-0.1, -0.05) is 6.92 Å². The van der Waals surface area contributed by atoms with Crippen molar-refractivity contribution >= 4 is 17.3 Å². The van der Waals surface area contributed by atoms with E-state index < -0.39 is 0 Å². The van der Waals surface area contributed by atoms with Crippen LogP contribution in [-0.4, -0.2) is 24.1 Å². The van der Waals surface area contributed by atoms with Gasteiger partial charge in [0.1, 0.15) is 9.88 Å². The Hall–Kier alpha value is -0.940. The van der Waals surface area contributed by atoms with E-state index in [-0.39, 0.29) is 5.97 Å². The van der Waals surface area contributed by atoms with Crippen LogP contribution in [0.25, 0.3) is 0 Å². The number of aryl methyl sites for hydroxylation is 1. The Labute approximate surface area is 100 Å². The van der Waals surface area contributed by atoms with Crippen molar-refractivity contribution in [3.63, 3.8) is 0 Å². The zero-order valence-electron chi connectivity index (χ0n) is 10.0. The molecule has 0 unspecified atom stereocenters. The van der Waals surface area contributed by atoms with Gasteiger partial charge in [-0.3, -0.25) is 0 Å². The highest BCUT2D eigenvalue weighted by Crippen LogP contribution is 2.18. The third kappa shape index (κ3) is 3.57. The van der Waals surface area contributed by atoms with Crippen molar-refractivity contribution in [2.45, 2.75) is 33.7 Å². The average molecular weight is 242 g/mol. The summed E-state index contributed by atoms with van der Waals surface area (Å²) in [5.74, 6) is -0.265. The summed E-state index contributed by atoms with van der Waals surface area (Å²) in [6.07, 6.45) is 1.09. The van der Waals surface area contributed by atoms with Crippen molar-refractivity contribution in [3.8, 4) is 0 Å². The van der Waals surface area contributed by atoms with Gasteiger partial charge in [-0.25, -0.2) is 9.78 Å². The van der Waals surface area contributed by atoms with E-state index >= 15 is 0 Å². The van der Waals surface area contributed by atoms with Crippen molar-refractivity contribution < 1.29 is 9.53 Å². The van der Waals surface area contributed by atoms with Crippen molar-refractivity contribution in [1.82, 2.24) is 10.3 Å². The number of esters is 1. The summed E-state index contributed by atoms with van der Waals surface area (Å²) in [5, 5.41) is 4.20. The van der Waals surface area contributed by atoms with Crippen molar-refractivity contribution in [1.29, 1.82) is 0 Å². The quantitative estimate of drug-likeness (QED) is 0.613. The van der Waals surface area contributed by atoms with Gasteiger partial charge in [0.05, 0.1) is 12.3 Å². The topological polar surface area (TPSA) is 51.2 Å². The minimum absolute atomic E-state index is 0.265. The summed E-state index contributed by atoms with van der Waals surface area (Å²) in [7, 11) is 0. The second-order valence-corrected chi connectivity index (χ2v) is 4.50. The lowest BCUT2D eigenvalue weighted by molar-refractivity contribution is 0.0531. The molecule has 16 heavy (non-hydrogen) atoms. The van der Waals surface area contributed by atoms with E-state index in [2.05, 4.69) is 17.2 Å². The first-order chi connectivity index (χ1) is 7.69. The maximum absolute atomic E-state index is 11.5. The average Bonchev–Trinajstić information content (AvgIpc) is 2.61. The standard InChI is InChI=1S/C11H18N2O2S/c1-4-6-12-7-9-13-8(3)10(16-9)11(14)15-5-2/h12H,4-7H2,1-3H3. The summed E-state index contributed by atoms with van der Waals surface area (Å²) >= 11 is 1.41. The third-order valence-corrected chi connectivity index (χ3v) is 3.14. The van der Waals surface area contributed by atoms with E-state index in [9.17, 15) is 4.79 Å². The van der Waals surface area contributed by atoms with Crippen LogP contribution < -0.4 is 5.32 Å². The van der Waals surface area contributed by atoms with Gasteiger partial charge in [-0.2, -0.15) is 0 Å². The summed E-state index contributed by atoms with van der Waals surface area (Å²) in [4.78, 5) is 16.5. The summed E-state index contributed by atoms with van der Waals surface area (Å²) in [6, 6.07) is 0. The van der Waals surface area contributed by atoms with Crippen molar-refractivity contribution in [2.24, 2.45) is 0 Å². The first-order valence-corrected chi connectivity index (χ1v) is 6.34. The SMILES string of the molecule is CCCNCc1nc(C)c(C(=O)OCC)s1. The molecule has 0 aliphatic carbocycles. The van der Waals surface area contributed by atoms with E-state index in [1.54, 1.807) is 6.92 Å². The molecule has 0 amide bonds. The van der Waals surface area contributed by atoms with Gasteiger partial charge in [-0.05, 0) is 26.8 Å². The van der Waals surface area contributed by atoms with E-state index in [4.69, 9.17) is 4.74 Å². The van der Waals surface area contributed by atoms with Crippen molar-refractivity contribution in [3.05, 3.63) is 15.6 Å². The molecule has 0 aliphatic heterocycles. The smallest absolute Gasteiger partial charge is 0.350 e. The van der Waals surface area contributed by atoms with Gasteiger partial charge < -0.3 is 10.1 Å². The number of rotatable bonds is 6. The molecule has 0 spiro atoms. The van der Waals surface area contributed by atoms with Gasteiger partial charge in [0.25, 0.3) is 0 Å². The maximum Gasteiger partial charge on any atom is 0.350 e. The van der Waals surface area contributed by atoms with Gasteiger partial charge in [0.15, 0.2) is 0 Å². The molecule has 1 rings (SSSR count). The Bertz CT molecular complexity index is 350. The number of aromatic nitrogens is 1. The normalized spacial score (nSPS) is 10.4. The molecule has 0 saturated heterocycles. The number of carbonyl (C=O) groups is 1. The molecule has 1 aromatic rings. The predicted octanol–water partition coefficient (Wildman–Crippen LogP) is 2.13. The van der Waals surface area contributed by atoms with E-state index in [1.807, 2.05) is 6.92 Å². The molecular weight excluding hydrogens is 224 g/mol. The largest absolute Gasteiger partial charge is 0.462 e. The molecule has 1 heterocycles. The zero-order valence-corrected chi connectivity index (χ0v) is 10.8.